The molecule has 190 valence electrons. The molecule has 7 nitrogen and oxygen atoms in total. The van der Waals surface area contributed by atoms with E-state index in [1.54, 1.807) is 35.3 Å². The van der Waals surface area contributed by atoms with Gasteiger partial charge in [-0.2, -0.15) is 26.3 Å². The monoisotopic (exact) mass is 513 g/mol. The van der Waals surface area contributed by atoms with Gasteiger partial charge >= 0.3 is 23.6 Å². The van der Waals surface area contributed by atoms with E-state index in [2.05, 4.69) is 5.32 Å². The molecule has 13 heteroatoms. The van der Waals surface area contributed by atoms with Gasteiger partial charge in [0.15, 0.2) is 0 Å². The standard InChI is InChI=1S/C23H18F6N4O3/c1-36-15-9-7-14(8-10-15)17-30-18-16(21(32-17,22(24,25)26)23(27,28)29)19(34)31-20(35)33(18)12-11-13-5-3-2-4-6-13/h2-10H,11-12H2,1H3,(H,30,32)(H,31,34,35)/p+1. The Labute approximate surface area is 199 Å². The molecule has 0 saturated heterocycles. The van der Waals surface area contributed by atoms with Gasteiger partial charge in [-0.1, -0.05) is 30.3 Å². The summed E-state index contributed by atoms with van der Waals surface area (Å²) in [6, 6.07) is 13.6. The average Bonchev–Trinajstić information content (AvgIpc) is 2.82. The van der Waals surface area contributed by atoms with Gasteiger partial charge in [-0.05, 0) is 36.2 Å². The number of ether oxygens (including phenoxy) is 1. The van der Waals surface area contributed by atoms with Crippen LogP contribution in [0.5, 0.6) is 5.75 Å². The van der Waals surface area contributed by atoms with Crippen LogP contribution in [0.25, 0.3) is 0 Å². The molecular formula is C23H19F6N4O3+. The summed E-state index contributed by atoms with van der Waals surface area (Å²) in [5.41, 5.74) is -8.89. The van der Waals surface area contributed by atoms with Gasteiger partial charge < -0.3 is 4.74 Å². The smallest absolute Gasteiger partial charge is 0.446 e. The van der Waals surface area contributed by atoms with Gasteiger partial charge in [0, 0.05) is 6.54 Å². The number of hydrogen-bond donors (Lipinski definition) is 3. The quantitative estimate of drug-likeness (QED) is 0.456. The topological polar surface area (TPSA) is 90.1 Å². The minimum Gasteiger partial charge on any atom is -0.497 e. The zero-order chi connectivity index (χ0) is 26.3. The second-order valence-corrected chi connectivity index (χ2v) is 7.97. The Balaban J connectivity index is 1.99. The summed E-state index contributed by atoms with van der Waals surface area (Å²) in [6.07, 6.45) is -11.9. The molecule has 3 aromatic rings. The van der Waals surface area contributed by atoms with E-state index in [0.717, 1.165) is 0 Å². The van der Waals surface area contributed by atoms with Crippen LogP contribution < -0.4 is 26.3 Å². The molecule has 0 spiro atoms. The van der Waals surface area contributed by atoms with E-state index in [4.69, 9.17) is 4.74 Å². The molecule has 1 aliphatic heterocycles. The molecule has 36 heavy (non-hydrogen) atoms. The number of benzene rings is 2. The molecule has 0 bridgehead atoms. The van der Waals surface area contributed by atoms with Gasteiger partial charge in [0.25, 0.3) is 11.4 Å². The van der Waals surface area contributed by atoms with Crippen LogP contribution in [0.2, 0.25) is 0 Å². The highest BCUT2D eigenvalue weighted by Crippen LogP contribution is 2.48. The fourth-order valence-corrected chi connectivity index (χ4v) is 4.04. The summed E-state index contributed by atoms with van der Waals surface area (Å²) in [5.74, 6) is -1.29. The lowest BCUT2D eigenvalue weighted by Crippen LogP contribution is -2.97. The maximum absolute atomic E-state index is 14.4. The van der Waals surface area contributed by atoms with Crippen LogP contribution in [0.4, 0.5) is 32.2 Å². The van der Waals surface area contributed by atoms with E-state index < -0.39 is 46.4 Å². The molecule has 0 unspecified atom stereocenters. The van der Waals surface area contributed by atoms with Crippen molar-refractivity contribution in [1.82, 2.24) is 9.55 Å². The minimum atomic E-state index is -6.02. The molecule has 0 saturated carbocycles. The Morgan fingerprint density at radius 3 is 2.11 bits per heavy atom. The minimum absolute atomic E-state index is 0.0945. The first-order valence-electron chi connectivity index (χ1n) is 10.5. The zero-order valence-corrected chi connectivity index (χ0v) is 18.6. The van der Waals surface area contributed by atoms with Crippen LogP contribution in [0.1, 0.15) is 16.7 Å². The van der Waals surface area contributed by atoms with Crippen molar-refractivity contribution in [2.75, 3.05) is 12.4 Å². The van der Waals surface area contributed by atoms with Crippen LogP contribution in [0, 0.1) is 0 Å². The first kappa shape index (κ1) is 25.1. The molecule has 1 aromatic heterocycles. The van der Waals surface area contributed by atoms with Crippen molar-refractivity contribution in [3.63, 3.8) is 0 Å². The first-order chi connectivity index (χ1) is 16.9. The van der Waals surface area contributed by atoms with Crippen molar-refractivity contribution >= 4 is 11.7 Å². The number of methoxy groups -OCH3 is 1. The number of nitrogens with one attached hydrogen (secondary N) is 3. The van der Waals surface area contributed by atoms with Crippen LogP contribution in [-0.2, 0) is 18.5 Å². The third-order valence-electron chi connectivity index (χ3n) is 5.83. The van der Waals surface area contributed by atoms with Gasteiger partial charge in [-0.15, -0.1) is 0 Å². The number of fused-ring (bicyclic) bond motifs is 1. The van der Waals surface area contributed by atoms with Gasteiger partial charge in [0.2, 0.25) is 5.82 Å². The highest BCUT2D eigenvalue weighted by Gasteiger charge is 2.78. The predicted molar refractivity (Wildman–Crippen MR) is 117 cm³/mol. The van der Waals surface area contributed by atoms with Crippen LogP contribution >= 0.6 is 0 Å². The fraction of sp³-hybridized carbons (Fsp3) is 0.261. The SMILES string of the molecule is COc1ccc(C2=[NH+]C(C(F)(F)F)(C(F)(F)F)c3c(n(CCc4ccccc4)c(=O)[nH]c3=O)N2)cc1. The van der Waals surface area contributed by atoms with Crippen molar-refractivity contribution in [3.8, 4) is 5.75 Å². The number of halogens is 6. The van der Waals surface area contributed by atoms with E-state index in [1.807, 2.05) is 0 Å². The molecule has 0 aliphatic carbocycles. The molecule has 0 amide bonds. The number of amidine groups is 1. The summed E-state index contributed by atoms with van der Waals surface area (Å²) >= 11 is 0. The Morgan fingerprint density at radius 1 is 0.944 bits per heavy atom. The third kappa shape index (κ3) is 4.14. The molecule has 0 radical (unpaired) electrons. The molecule has 4 rings (SSSR count). The lowest BCUT2D eigenvalue weighted by atomic mass is 9.87. The second-order valence-electron chi connectivity index (χ2n) is 7.97. The van der Waals surface area contributed by atoms with Crippen molar-refractivity contribution in [3.05, 3.63) is 92.1 Å². The number of anilines is 1. The van der Waals surface area contributed by atoms with E-state index in [-0.39, 0.29) is 18.5 Å². The fourth-order valence-electron chi connectivity index (χ4n) is 4.04. The maximum atomic E-state index is 14.4. The van der Waals surface area contributed by atoms with E-state index in [9.17, 15) is 35.9 Å². The van der Waals surface area contributed by atoms with Gasteiger partial charge in [0.05, 0.1) is 12.7 Å². The third-order valence-corrected chi connectivity index (χ3v) is 5.83. The second kappa shape index (κ2) is 8.88. The van der Waals surface area contributed by atoms with Gasteiger partial charge in [0.1, 0.15) is 11.3 Å². The largest absolute Gasteiger partial charge is 0.497 e. The molecule has 3 N–H and O–H groups in total. The molecule has 2 heterocycles. The number of H-pyrrole nitrogens is 1. The molecule has 2 aromatic carbocycles. The Hall–Kier alpha value is -4.03. The highest BCUT2D eigenvalue weighted by atomic mass is 19.4. The highest BCUT2D eigenvalue weighted by molar-refractivity contribution is 6.05. The van der Waals surface area contributed by atoms with Crippen LogP contribution in [0.15, 0.2) is 64.2 Å². The number of nitrogens with zero attached hydrogens (tertiary/aromatic N) is 1. The van der Waals surface area contributed by atoms with Crippen molar-refractivity contribution < 1.29 is 36.1 Å². The van der Waals surface area contributed by atoms with E-state index in [1.165, 1.54) is 36.4 Å². The van der Waals surface area contributed by atoms with Gasteiger partial charge in [-0.3, -0.25) is 14.3 Å². The van der Waals surface area contributed by atoms with Crippen LogP contribution in [0.3, 0.4) is 0 Å². The summed E-state index contributed by atoms with van der Waals surface area (Å²) in [7, 11) is 1.34. The summed E-state index contributed by atoms with van der Waals surface area (Å²) in [4.78, 5) is 28.3. The van der Waals surface area contributed by atoms with Crippen molar-refractivity contribution in [2.24, 2.45) is 0 Å². The first-order valence-corrected chi connectivity index (χ1v) is 10.5. The number of alkyl halides is 6. The Kier molecular flexibility index (Phi) is 6.18. The molecule has 1 aliphatic rings. The number of hydrogen-bond acceptors (Lipinski definition) is 4. The van der Waals surface area contributed by atoms with E-state index in [0.29, 0.717) is 15.9 Å². The summed E-state index contributed by atoms with van der Waals surface area (Å²) in [6.45, 7) is -0.309. The van der Waals surface area contributed by atoms with Crippen LogP contribution in [-0.4, -0.2) is 34.8 Å². The lowest BCUT2D eigenvalue weighted by Gasteiger charge is -2.35. The summed E-state index contributed by atoms with van der Waals surface area (Å²) in [5, 5.41) is 2.44. The summed E-state index contributed by atoms with van der Waals surface area (Å²) < 4.78 is 91.8. The normalized spacial score (nSPS) is 15.0. The number of rotatable bonds is 5. The number of aryl methyl sites for hydroxylation is 1. The molecule has 0 fully saturated rings. The van der Waals surface area contributed by atoms with Crippen molar-refractivity contribution in [2.45, 2.75) is 30.9 Å². The lowest BCUT2D eigenvalue weighted by molar-refractivity contribution is -0.658. The Morgan fingerprint density at radius 2 is 1.56 bits per heavy atom. The number of aromatic nitrogens is 2. The Bertz CT molecular complexity index is 1390. The average molecular weight is 513 g/mol. The number of aromatic amines is 1. The molecular weight excluding hydrogens is 494 g/mol. The van der Waals surface area contributed by atoms with Crippen molar-refractivity contribution in [1.29, 1.82) is 0 Å². The maximum Gasteiger partial charge on any atom is 0.446 e. The van der Waals surface area contributed by atoms with E-state index >= 15 is 0 Å². The molecule has 0 atom stereocenters. The van der Waals surface area contributed by atoms with Gasteiger partial charge in [-0.25, -0.2) is 15.1 Å². The zero-order valence-electron chi connectivity index (χ0n) is 18.6. The predicted octanol–water partition coefficient (Wildman–Crippen LogP) is 2.06.